The molecule has 0 amide bonds. The molecule has 2 aliphatic rings. The van der Waals surface area contributed by atoms with E-state index >= 15 is 0 Å². The smallest absolute Gasteiger partial charge is 0.0682 e. The molecule has 0 aromatic heterocycles. The van der Waals surface area contributed by atoms with Gasteiger partial charge in [0.1, 0.15) is 0 Å². The Morgan fingerprint density at radius 3 is 2.68 bits per heavy atom. The van der Waals surface area contributed by atoms with Crippen LogP contribution in [-0.4, -0.2) is 18.2 Å². The highest BCUT2D eigenvalue weighted by atomic mass is 35.5. The number of halogens is 1. The third-order valence-electron chi connectivity index (χ3n) is 4.83. The number of aliphatic hydroxyl groups excluding tert-OH is 1. The molecule has 2 atom stereocenters. The van der Waals surface area contributed by atoms with Gasteiger partial charge in [-0.05, 0) is 42.4 Å². The lowest BCUT2D eigenvalue weighted by Gasteiger charge is -2.42. The average Bonchev–Trinajstić information content (AvgIpc) is 2.46. The minimum Gasteiger partial charge on any atom is -0.392 e. The summed E-state index contributed by atoms with van der Waals surface area (Å²) < 4.78 is 0. The molecule has 19 heavy (non-hydrogen) atoms. The molecule has 0 spiro atoms. The lowest BCUT2D eigenvalue weighted by Crippen LogP contribution is -2.41. The summed E-state index contributed by atoms with van der Waals surface area (Å²) in [6.45, 7) is 2.34. The quantitative estimate of drug-likeness (QED) is 0.889. The number of piperidine rings is 1. The molecular weight excluding hydrogens is 258 g/mol. The highest BCUT2D eigenvalue weighted by Gasteiger charge is 2.31. The molecule has 1 heterocycles. The van der Waals surface area contributed by atoms with Crippen molar-refractivity contribution in [2.45, 2.75) is 38.7 Å². The van der Waals surface area contributed by atoms with Gasteiger partial charge in [0, 0.05) is 13.1 Å². The summed E-state index contributed by atoms with van der Waals surface area (Å²) in [4.78, 5) is 2.44. The Kier molecular flexibility index (Phi) is 3.99. The summed E-state index contributed by atoms with van der Waals surface area (Å²) >= 11 is 6.36. The lowest BCUT2D eigenvalue weighted by molar-refractivity contribution is 0.202. The number of benzene rings is 1. The van der Waals surface area contributed by atoms with Gasteiger partial charge in [-0.1, -0.05) is 36.9 Å². The average molecular weight is 280 g/mol. The maximum Gasteiger partial charge on any atom is 0.0682 e. The largest absolute Gasteiger partial charge is 0.392 e. The first-order valence-corrected chi connectivity index (χ1v) is 7.80. The van der Waals surface area contributed by atoms with Crippen molar-refractivity contribution < 1.29 is 5.11 Å². The normalized spacial score (nSPS) is 27.2. The second-order valence-electron chi connectivity index (χ2n) is 5.98. The summed E-state index contributed by atoms with van der Waals surface area (Å²) in [5.74, 6) is 1.80. The number of hydrogen-bond acceptors (Lipinski definition) is 2. The van der Waals surface area contributed by atoms with Crippen LogP contribution >= 0.6 is 11.6 Å². The van der Waals surface area contributed by atoms with Crippen LogP contribution in [0.25, 0.3) is 0 Å². The van der Waals surface area contributed by atoms with Gasteiger partial charge >= 0.3 is 0 Å². The molecule has 0 bridgehead atoms. The molecule has 1 aromatic rings. The molecule has 1 saturated heterocycles. The van der Waals surface area contributed by atoms with E-state index in [1.807, 2.05) is 12.1 Å². The Balaban J connectivity index is 1.75. The van der Waals surface area contributed by atoms with Crippen LogP contribution in [0, 0.1) is 11.8 Å². The fraction of sp³-hybridized carbons (Fsp3) is 0.625. The third-order valence-corrected chi connectivity index (χ3v) is 5.13. The number of anilines is 1. The SMILES string of the molecule is OCc1ccc(N2CCC3CCCCC3C2)c(Cl)c1. The maximum absolute atomic E-state index is 9.15. The van der Waals surface area contributed by atoms with Gasteiger partial charge in [0.05, 0.1) is 17.3 Å². The molecule has 3 heteroatoms. The second kappa shape index (κ2) is 5.72. The van der Waals surface area contributed by atoms with Gasteiger partial charge in [0.15, 0.2) is 0 Å². The standard InChI is InChI=1S/C16H22ClNO/c17-15-9-12(11-19)5-6-16(15)18-8-7-13-3-1-2-4-14(13)10-18/h5-6,9,13-14,19H,1-4,7-8,10-11H2. The number of fused-ring (bicyclic) bond motifs is 1. The minimum atomic E-state index is 0.0602. The summed E-state index contributed by atoms with van der Waals surface area (Å²) in [5, 5.41) is 9.92. The van der Waals surface area contributed by atoms with Crippen LogP contribution in [0.2, 0.25) is 5.02 Å². The van der Waals surface area contributed by atoms with E-state index in [0.29, 0.717) is 0 Å². The van der Waals surface area contributed by atoms with Crippen molar-refractivity contribution >= 4 is 17.3 Å². The van der Waals surface area contributed by atoms with E-state index in [0.717, 1.165) is 41.2 Å². The molecule has 1 saturated carbocycles. The molecule has 3 rings (SSSR count). The highest BCUT2D eigenvalue weighted by molar-refractivity contribution is 6.33. The van der Waals surface area contributed by atoms with Crippen molar-refractivity contribution in [3.8, 4) is 0 Å². The summed E-state index contributed by atoms with van der Waals surface area (Å²) in [6.07, 6.45) is 6.94. The van der Waals surface area contributed by atoms with Gasteiger partial charge in [-0.25, -0.2) is 0 Å². The van der Waals surface area contributed by atoms with E-state index in [9.17, 15) is 0 Å². The van der Waals surface area contributed by atoms with Crippen molar-refractivity contribution in [1.29, 1.82) is 0 Å². The number of aliphatic hydroxyl groups is 1. The van der Waals surface area contributed by atoms with Crippen molar-refractivity contribution in [2.24, 2.45) is 11.8 Å². The van der Waals surface area contributed by atoms with Crippen molar-refractivity contribution in [2.75, 3.05) is 18.0 Å². The Morgan fingerprint density at radius 2 is 1.95 bits per heavy atom. The van der Waals surface area contributed by atoms with E-state index in [4.69, 9.17) is 16.7 Å². The Bertz CT molecular complexity index is 448. The summed E-state index contributed by atoms with van der Waals surface area (Å²) in [7, 11) is 0. The van der Waals surface area contributed by atoms with Crippen LogP contribution in [0.15, 0.2) is 18.2 Å². The fourth-order valence-electron chi connectivity index (χ4n) is 3.72. The summed E-state index contributed by atoms with van der Waals surface area (Å²) in [5.41, 5.74) is 2.03. The number of hydrogen-bond donors (Lipinski definition) is 1. The predicted octanol–water partition coefficient (Wildman–Crippen LogP) is 3.85. The van der Waals surface area contributed by atoms with Gasteiger partial charge < -0.3 is 10.0 Å². The van der Waals surface area contributed by atoms with Crippen LogP contribution < -0.4 is 4.90 Å². The number of nitrogens with zero attached hydrogens (tertiary/aromatic N) is 1. The van der Waals surface area contributed by atoms with E-state index in [1.165, 1.54) is 32.1 Å². The van der Waals surface area contributed by atoms with E-state index < -0.39 is 0 Å². The molecule has 1 aromatic carbocycles. The molecule has 0 radical (unpaired) electrons. The van der Waals surface area contributed by atoms with Gasteiger partial charge in [-0.15, -0.1) is 0 Å². The van der Waals surface area contributed by atoms with Gasteiger partial charge in [-0.3, -0.25) is 0 Å². The first-order valence-electron chi connectivity index (χ1n) is 7.42. The molecule has 2 fully saturated rings. The van der Waals surface area contributed by atoms with Crippen molar-refractivity contribution in [3.63, 3.8) is 0 Å². The monoisotopic (exact) mass is 279 g/mol. The Hall–Kier alpha value is -0.730. The zero-order valence-electron chi connectivity index (χ0n) is 11.3. The molecule has 1 aliphatic carbocycles. The fourth-order valence-corrected chi connectivity index (χ4v) is 4.05. The van der Waals surface area contributed by atoms with E-state index in [1.54, 1.807) is 0 Å². The van der Waals surface area contributed by atoms with Crippen LogP contribution in [0.4, 0.5) is 5.69 Å². The number of rotatable bonds is 2. The zero-order valence-corrected chi connectivity index (χ0v) is 12.1. The van der Waals surface area contributed by atoms with Crippen molar-refractivity contribution in [1.82, 2.24) is 0 Å². The molecular formula is C16H22ClNO. The topological polar surface area (TPSA) is 23.5 Å². The highest BCUT2D eigenvalue weighted by Crippen LogP contribution is 2.39. The van der Waals surface area contributed by atoms with Crippen LogP contribution in [0.3, 0.4) is 0 Å². The molecule has 104 valence electrons. The van der Waals surface area contributed by atoms with Gasteiger partial charge in [0.2, 0.25) is 0 Å². The molecule has 1 aliphatic heterocycles. The van der Waals surface area contributed by atoms with Crippen LogP contribution in [0.5, 0.6) is 0 Å². The van der Waals surface area contributed by atoms with Gasteiger partial charge in [0.25, 0.3) is 0 Å². The van der Waals surface area contributed by atoms with Crippen LogP contribution in [-0.2, 0) is 6.61 Å². The lowest BCUT2D eigenvalue weighted by atomic mass is 9.75. The van der Waals surface area contributed by atoms with E-state index in [2.05, 4.69) is 11.0 Å². The Labute approximate surface area is 120 Å². The van der Waals surface area contributed by atoms with Gasteiger partial charge in [-0.2, -0.15) is 0 Å². The minimum absolute atomic E-state index is 0.0602. The predicted molar refractivity (Wildman–Crippen MR) is 79.7 cm³/mol. The van der Waals surface area contributed by atoms with E-state index in [-0.39, 0.29) is 6.61 Å². The second-order valence-corrected chi connectivity index (χ2v) is 6.39. The first-order chi connectivity index (χ1) is 9.28. The zero-order chi connectivity index (χ0) is 13.2. The molecule has 2 nitrogen and oxygen atoms in total. The third kappa shape index (κ3) is 2.75. The first kappa shape index (κ1) is 13.3. The molecule has 1 N–H and O–H groups in total. The Morgan fingerprint density at radius 1 is 1.16 bits per heavy atom. The van der Waals surface area contributed by atoms with Crippen LogP contribution in [0.1, 0.15) is 37.7 Å². The summed E-state index contributed by atoms with van der Waals surface area (Å²) in [6, 6.07) is 5.94. The maximum atomic E-state index is 9.15. The molecule has 2 unspecified atom stereocenters. The van der Waals surface area contributed by atoms with Crippen molar-refractivity contribution in [3.05, 3.63) is 28.8 Å².